The van der Waals surface area contributed by atoms with Gasteiger partial charge >= 0.3 is 0 Å². The molecule has 112 valence electrons. The van der Waals surface area contributed by atoms with Gasteiger partial charge in [0.1, 0.15) is 5.82 Å². The Labute approximate surface area is 123 Å². The van der Waals surface area contributed by atoms with E-state index in [1.165, 1.54) is 13.0 Å². The smallest absolute Gasteiger partial charge is 0.291 e. The minimum absolute atomic E-state index is 0.0371. The number of hydrogen-bond acceptors (Lipinski definition) is 7. The average molecular weight is 331 g/mol. The molecule has 0 aliphatic carbocycles. The fraction of sp³-hybridized carbons (Fsp3) is 0.100. The van der Waals surface area contributed by atoms with E-state index in [-0.39, 0.29) is 20.8 Å². The fourth-order valence-electron chi connectivity index (χ4n) is 1.32. The quantitative estimate of drug-likeness (QED) is 0.567. The van der Waals surface area contributed by atoms with E-state index in [9.17, 15) is 17.6 Å². The summed E-state index contributed by atoms with van der Waals surface area (Å²) in [5, 5.41) is 9.32. The molecule has 1 amide bonds. The number of anilines is 3. The molecule has 0 fully saturated rings. The van der Waals surface area contributed by atoms with Crippen LogP contribution in [0.4, 0.5) is 20.9 Å². The van der Waals surface area contributed by atoms with Crippen LogP contribution in [0, 0.1) is 5.82 Å². The van der Waals surface area contributed by atoms with Crippen LogP contribution in [-0.4, -0.2) is 24.5 Å². The van der Waals surface area contributed by atoms with Crippen LogP contribution < -0.4 is 15.8 Å². The van der Waals surface area contributed by atoms with Crippen molar-refractivity contribution in [3.8, 4) is 0 Å². The number of rotatable bonds is 4. The van der Waals surface area contributed by atoms with Crippen LogP contribution in [0.1, 0.15) is 6.92 Å². The van der Waals surface area contributed by atoms with Crippen LogP contribution in [-0.2, 0) is 14.8 Å². The van der Waals surface area contributed by atoms with Crippen molar-refractivity contribution in [3.05, 3.63) is 24.0 Å². The van der Waals surface area contributed by atoms with Gasteiger partial charge in [-0.25, -0.2) is 4.39 Å². The molecule has 0 bridgehead atoms. The minimum atomic E-state index is -4.07. The van der Waals surface area contributed by atoms with Crippen LogP contribution in [0.5, 0.6) is 0 Å². The molecule has 0 radical (unpaired) electrons. The molecule has 8 nitrogen and oxygen atoms in total. The van der Waals surface area contributed by atoms with E-state index < -0.39 is 21.7 Å². The van der Waals surface area contributed by atoms with E-state index in [1.54, 1.807) is 0 Å². The number of carbonyl (C=O) groups excluding carboxylic acids is 1. The summed E-state index contributed by atoms with van der Waals surface area (Å²) < 4.78 is 39.0. The van der Waals surface area contributed by atoms with Crippen LogP contribution in [0.25, 0.3) is 0 Å². The lowest BCUT2D eigenvalue weighted by Crippen LogP contribution is -2.14. The zero-order chi connectivity index (χ0) is 15.6. The molecule has 2 rings (SSSR count). The van der Waals surface area contributed by atoms with Gasteiger partial charge in [-0.05, 0) is 12.1 Å². The van der Waals surface area contributed by atoms with Gasteiger partial charge in [-0.3, -0.25) is 9.52 Å². The number of nitrogens with zero attached hydrogens (tertiary/aromatic N) is 2. The largest absolute Gasteiger partial charge is 0.397 e. The normalized spacial score (nSPS) is 11.1. The van der Waals surface area contributed by atoms with Crippen LogP contribution >= 0.6 is 11.3 Å². The van der Waals surface area contributed by atoms with Crippen LogP contribution in [0.3, 0.4) is 0 Å². The Morgan fingerprint density at radius 2 is 2.10 bits per heavy atom. The molecule has 2 aromatic rings. The maximum absolute atomic E-state index is 13.1. The molecule has 0 spiro atoms. The fourth-order valence-corrected chi connectivity index (χ4v) is 3.35. The molecule has 0 saturated heterocycles. The van der Waals surface area contributed by atoms with E-state index in [1.807, 2.05) is 0 Å². The van der Waals surface area contributed by atoms with Gasteiger partial charge < -0.3 is 11.1 Å². The van der Waals surface area contributed by atoms with Gasteiger partial charge in [0.25, 0.3) is 14.4 Å². The first-order valence-electron chi connectivity index (χ1n) is 5.47. The van der Waals surface area contributed by atoms with E-state index in [4.69, 9.17) is 5.73 Å². The lowest BCUT2D eigenvalue weighted by atomic mass is 10.3. The van der Waals surface area contributed by atoms with Gasteiger partial charge in [-0.2, -0.15) is 8.42 Å². The zero-order valence-electron chi connectivity index (χ0n) is 10.6. The number of benzene rings is 1. The van der Waals surface area contributed by atoms with Crippen molar-refractivity contribution in [2.24, 2.45) is 0 Å². The lowest BCUT2D eigenvalue weighted by Gasteiger charge is -2.07. The average Bonchev–Trinajstić information content (AvgIpc) is 2.82. The molecule has 1 heterocycles. The number of sulfonamides is 1. The second-order valence-corrected chi connectivity index (χ2v) is 6.73. The van der Waals surface area contributed by atoms with Gasteiger partial charge in [-0.1, -0.05) is 11.3 Å². The van der Waals surface area contributed by atoms with Crippen LogP contribution in [0.15, 0.2) is 22.5 Å². The summed E-state index contributed by atoms with van der Waals surface area (Å²) >= 11 is 0.658. The van der Waals surface area contributed by atoms with Crippen molar-refractivity contribution in [1.29, 1.82) is 0 Å². The van der Waals surface area contributed by atoms with Crippen molar-refractivity contribution >= 4 is 43.8 Å². The summed E-state index contributed by atoms with van der Waals surface area (Å²) in [5.74, 6) is -1.05. The number of nitrogen functional groups attached to an aromatic ring is 1. The van der Waals surface area contributed by atoms with Crippen molar-refractivity contribution in [3.63, 3.8) is 0 Å². The molecule has 0 aliphatic heterocycles. The number of nitrogens with one attached hydrogen (secondary N) is 2. The Balaban J connectivity index is 2.28. The SMILES string of the molecule is CC(=O)Nc1nnc(S(=O)(=O)Nc2cc(F)ccc2N)s1. The second-order valence-electron chi connectivity index (χ2n) is 3.89. The summed E-state index contributed by atoms with van der Waals surface area (Å²) in [6.45, 7) is 1.25. The molecule has 4 N–H and O–H groups in total. The van der Waals surface area contributed by atoms with Crippen LogP contribution in [0.2, 0.25) is 0 Å². The van der Waals surface area contributed by atoms with Crippen molar-refractivity contribution in [2.45, 2.75) is 11.3 Å². The molecule has 0 unspecified atom stereocenters. The monoisotopic (exact) mass is 331 g/mol. The predicted octanol–water partition coefficient (Wildman–Crippen LogP) is 1.02. The Morgan fingerprint density at radius 3 is 2.76 bits per heavy atom. The lowest BCUT2D eigenvalue weighted by molar-refractivity contribution is -0.114. The second kappa shape index (κ2) is 5.61. The first-order chi connectivity index (χ1) is 9.78. The summed E-state index contributed by atoms with van der Waals surface area (Å²) in [4.78, 5) is 10.8. The van der Waals surface area contributed by atoms with E-state index in [0.29, 0.717) is 11.3 Å². The molecule has 0 aliphatic rings. The van der Waals surface area contributed by atoms with E-state index in [0.717, 1.165) is 12.1 Å². The Morgan fingerprint density at radius 1 is 1.38 bits per heavy atom. The van der Waals surface area contributed by atoms with Gasteiger partial charge in [0.15, 0.2) is 0 Å². The third kappa shape index (κ3) is 3.64. The summed E-state index contributed by atoms with van der Waals surface area (Å²) in [5.41, 5.74) is 5.52. The van der Waals surface area contributed by atoms with Gasteiger partial charge in [0, 0.05) is 13.0 Å². The molecule has 0 saturated carbocycles. The highest BCUT2D eigenvalue weighted by atomic mass is 32.2. The predicted molar refractivity (Wildman–Crippen MR) is 75.8 cm³/mol. The number of amides is 1. The van der Waals surface area contributed by atoms with Crippen molar-refractivity contribution in [1.82, 2.24) is 10.2 Å². The Bertz CT molecular complexity index is 790. The number of aromatic nitrogens is 2. The maximum Gasteiger partial charge on any atom is 0.291 e. The standard InChI is InChI=1S/C10H10FN5O3S2/c1-5(17)13-9-14-15-10(20-9)21(18,19)16-8-4-6(11)2-3-7(8)12/h2-4,16H,12H2,1H3,(H,13,14,17). The molecule has 21 heavy (non-hydrogen) atoms. The Hall–Kier alpha value is -2.27. The highest BCUT2D eigenvalue weighted by Crippen LogP contribution is 2.25. The van der Waals surface area contributed by atoms with E-state index >= 15 is 0 Å². The summed E-state index contributed by atoms with van der Waals surface area (Å²) in [6.07, 6.45) is 0. The molecular formula is C10H10FN5O3S2. The first-order valence-corrected chi connectivity index (χ1v) is 7.77. The first kappa shape index (κ1) is 15.1. The molecule has 0 atom stereocenters. The topological polar surface area (TPSA) is 127 Å². The maximum atomic E-state index is 13.1. The minimum Gasteiger partial charge on any atom is -0.397 e. The van der Waals surface area contributed by atoms with Gasteiger partial charge in [-0.15, -0.1) is 10.2 Å². The Kier molecular flexibility index (Phi) is 4.04. The number of hydrogen-bond donors (Lipinski definition) is 3. The van der Waals surface area contributed by atoms with E-state index in [2.05, 4.69) is 20.2 Å². The number of nitrogens with two attached hydrogens (primary N) is 1. The zero-order valence-corrected chi connectivity index (χ0v) is 12.3. The molecule has 1 aromatic carbocycles. The highest BCUT2D eigenvalue weighted by molar-refractivity contribution is 7.94. The third-order valence-electron chi connectivity index (χ3n) is 2.18. The third-order valence-corrected chi connectivity index (χ3v) is 4.75. The molecule has 11 heteroatoms. The highest BCUT2D eigenvalue weighted by Gasteiger charge is 2.21. The van der Waals surface area contributed by atoms with Crippen molar-refractivity contribution in [2.75, 3.05) is 15.8 Å². The van der Waals surface area contributed by atoms with Crippen molar-refractivity contribution < 1.29 is 17.6 Å². The molecule has 1 aromatic heterocycles. The van der Waals surface area contributed by atoms with Gasteiger partial charge in [0.05, 0.1) is 11.4 Å². The van der Waals surface area contributed by atoms with Gasteiger partial charge in [0.2, 0.25) is 11.0 Å². The number of halogens is 1. The number of carbonyl (C=O) groups is 1. The molecular weight excluding hydrogens is 321 g/mol. The summed E-state index contributed by atoms with van der Waals surface area (Å²) in [7, 11) is -4.07. The summed E-state index contributed by atoms with van der Waals surface area (Å²) in [6, 6.07) is 3.28.